The van der Waals surface area contributed by atoms with Crippen molar-refractivity contribution >= 4 is 5.91 Å². The Kier molecular flexibility index (Phi) is 4.99. The number of primary amides is 1. The predicted octanol–water partition coefficient (Wildman–Crippen LogP) is 0.547. The average Bonchev–Trinajstić information content (AvgIpc) is 2.84. The van der Waals surface area contributed by atoms with Crippen LogP contribution < -0.4 is 11.1 Å². The third kappa shape index (κ3) is 4.08. The molecule has 2 heterocycles. The van der Waals surface area contributed by atoms with Gasteiger partial charge in [0.15, 0.2) is 0 Å². The van der Waals surface area contributed by atoms with Gasteiger partial charge < -0.3 is 15.6 Å². The van der Waals surface area contributed by atoms with Crippen molar-refractivity contribution in [2.24, 2.45) is 5.73 Å². The Morgan fingerprint density at radius 1 is 1.47 bits per heavy atom. The number of piperidine rings is 1. The number of hydrogen-bond acceptors (Lipinski definition) is 3. The molecule has 106 valence electrons. The lowest BCUT2D eigenvalue weighted by atomic mass is 10.0. The zero-order valence-corrected chi connectivity index (χ0v) is 11.6. The third-order valence-electron chi connectivity index (χ3n) is 3.80. The molecule has 0 atom stereocenters. The molecule has 0 radical (unpaired) electrons. The molecule has 1 amide bonds. The Labute approximate surface area is 114 Å². The van der Waals surface area contributed by atoms with Gasteiger partial charge in [-0.25, -0.2) is 0 Å². The average molecular weight is 264 g/mol. The van der Waals surface area contributed by atoms with Gasteiger partial charge in [-0.3, -0.25) is 9.69 Å². The molecule has 5 nitrogen and oxygen atoms in total. The van der Waals surface area contributed by atoms with Crippen LogP contribution in [0.15, 0.2) is 18.3 Å². The fourth-order valence-electron chi connectivity index (χ4n) is 2.68. The maximum Gasteiger partial charge on any atom is 0.231 e. The fourth-order valence-corrected chi connectivity index (χ4v) is 2.68. The van der Waals surface area contributed by atoms with Crippen molar-refractivity contribution < 1.29 is 4.79 Å². The van der Waals surface area contributed by atoms with Crippen molar-refractivity contribution in [3.8, 4) is 0 Å². The van der Waals surface area contributed by atoms with Crippen molar-refractivity contribution in [1.29, 1.82) is 0 Å². The molecule has 1 aromatic rings. The van der Waals surface area contributed by atoms with Crippen molar-refractivity contribution in [1.82, 2.24) is 14.8 Å². The SMILES string of the molecule is CCn1cccc1CNC1CCN(CC(N)=O)CC1. The second kappa shape index (κ2) is 6.73. The third-order valence-corrected chi connectivity index (χ3v) is 3.80. The first-order valence-corrected chi connectivity index (χ1v) is 7.07. The van der Waals surface area contributed by atoms with Gasteiger partial charge >= 0.3 is 0 Å². The number of aryl methyl sites for hydroxylation is 1. The molecule has 0 aromatic carbocycles. The first kappa shape index (κ1) is 14.1. The summed E-state index contributed by atoms with van der Waals surface area (Å²) in [6, 6.07) is 4.80. The molecule has 1 saturated heterocycles. The number of nitrogens with zero attached hydrogens (tertiary/aromatic N) is 2. The van der Waals surface area contributed by atoms with Gasteiger partial charge in [-0.2, -0.15) is 0 Å². The van der Waals surface area contributed by atoms with Crippen molar-refractivity contribution in [3.05, 3.63) is 24.0 Å². The summed E-state index contributed by atoms with van der Waals surface area (Å²) in [4.78, 5) is 13.0. The van der Waals surface area contributed by atoms with E-state index in [-0.39, 0.29) is 5.91 Å². The maximum absolute atomic E-state index is 10.9. The van der Waals surface area contributed by atoms with Gasteiger partial charge in [0.2, 0.25) is 5.91 Å². The van der Waals surface area contributed by atoms with Crippen LogP contribution in [0.2, 0.25) is 0 Å². The van der Waals surface area contributed by atoms with Crippen LogP contribution in [0.5, 0.6) is 0 Å². The summed E-state index contributed by atoms with van der Waals surface area (Å²) in [5.74, 6) is -0.229. The van der Waals surface area contributed by atoms with Crippen LogP contribution in [0.3, 0.4) is 0 Å². The lowest BCUT2D eigenvalue weighted by Crippen LogP contribution is -2.45. The highest BCUT2D eigenvalue weighted by atomic mass is 16.1. The molecule has 0 spiro atoms. The van der Waals surface area contributed by atoms with Crippen molar-refractivity contribution in [2.45, 2.75) is 38.9 Å². The molecule has 0 bridgehead atoms. The molecule has 1 aliphatic heterocycles. The van der Waals surface area contributed by atoms with Crippen LogP contribution in [0, 0.1) is 0 Å². The molecule has 0 saturated carbocycles. The molecule has 1 fully saturated rings. The predicted molar refractivity (Wildman–Crippen MR) is 75.6 cm³/mol. The number of carbonyl (C=O) groups excluding carboxylic acids is 1. The minimum Gasteiger partial charge on any atom is -0.369 e. The first-order chi connectivity index (χ1) is 9.19. The first-order valence-electron chi connectivity index (χ1n) is 7.07. The fraction of sp³-hybridized carbons (Fsp3) is 0.643. The van der Waals surface area contributed by atoms with E-state index in [1.54, 1.807) is 0 Å². The monoisotopic (exact) mass is 264 g/mol. The van der Waals surface area contributed by atoms with Crippen LogP contribution in [-0.4, -0.2) is 41.1 Å². The number of carbonyl (C=O) groups is 1. The zero-order valence-electron chi connectivity index (χ0n) is 11.6. The quantitative estimate of drug-likeness (QED) is 0.788. The largest absolute Gasteiger partial charge is 0.369 e. The maximum atomic E-state index is 10.9. The zero-order chi connectivity index (χ0) is 13.7. The van der Waals surface area contributed by atoms with Gasteiger partial charge in [0.25, 0.3) is 0 Å². The van der Waals surface area contributed by atoms with Gasteiger partial charge in [-0.05, 0) is 31.9 Å². The van der Waals surface area contributed by atoms with E-state index in [4.69, 9.17) is 5.73 Å². The van der Waals surface area contributed by atoms with E-state index in [1.165, 1.54) is 5.69 Å². The van der Waals surface area contributed by atoms with Gasteiger partial charge in [-0.1, -0.05) is 0 Å². The Hall–Kier alpha value is -1.33. The van der Waals surface area contributed by atoms with Crippen LogP contribution in [0.25, 0.3) is 0 Å². The highest BCUT2D eigenvalue weighted by Gasteiger charge is 2.19. The van der Waals surface area contributed by atoms with Gasteiger partial charge in [0, 0.05) is 44.1 Å². The van der Waals surface area contributed by atoms with E-state index in [9.17, 15) is 4.79 Å². The molecule has 2 rings (SSSR count). The molecule has 0 unspecified atom stereocenters. The second-order valence-electron chi connectivity index (χ2n) is 5.18. The number of nitrogens with one attached hydrogen (secondary N) is 1. The normalized spacial score (nSPS) is 17.7. The van der Waals surface area contributed by atoms with Crippen molar-refractivity contribution in [2.75, 3.05) is 19.6 Å². The van der Waals surface area contributed by atoms with E-state index in [2.05, 4.69) is 40.0 Å². The van der Waals surface area contributed by atoms with Gasteiger partial charge in [0.1, 0.15) is 0 Å². The van der Waals surface area contributed by atoms with E-state index >= 15 is 0 Å². The molecule has 0 aliphatic carbocycles. The Balaban J connectivity index is 1.72. The Morgan fingerprint density at radius 3 is 2.84 bits per heavy atom. The highest BCUT2D eigenvalue weighted by Crippen LogP contribution is 2.11. The van der Waals surface area contributed by atoms with E-state index in [0.717, 1.165) is 39.0 Å². The van der Waals surface area contributed by atoms with Crippen LogP contribution >= 0.6 is 0 Å². The van der Waals surface area contributed by atoms with Crippen LogP contribution in [0.4, 0.5) is 0 Å². The number of hydrogen-bond donors (Lipinski definition) is 2. The highest BCUT2D eigenvalue weighted by molar-refractivity contribution is 5.75. The minimum atomic E-state index is -0.229. The summed E-state index contributed by atoms with van der Waals surface area (Å²) in [6.07, 6.45) is 4.28. The Bertz CT molecular complexity index is 407. The molecule has 5 heteroatoms. The van der Waals surface area contributed by atoms with Gasteiger partial charge in [-0.15, -0.1) is 0 Å². The van der Waals surface area contributed by atoms with Gasteiger partial charge in [0.05, 0.1) is 6.54 Å². The summed E-state index contributed by atoms with van der Waals surface area (Å²) in [7, 11) is 0. The van der Waals surface area contributed by atoms with Crippen LogP contribution in [-0.2, 0) is 17.9 Å². The number of aromatic nitrogens is 1. The second-order valence-corrected chi connectivity index (χ2v) is 5.18. The smallest absolute Gasteiger partial charge is 0.231 e. The standard InChI is InChI=1S/C14H24N4O/c1-2-18-7-3-4-13(18)10-16-12-5-8-17(9-6-12)11-14(15)19/h3-4,7,12,16H,2,5-6,8-11H2,1H3,(H2,15,19). The number of rotatable bonds is 6. The lowest BCUT2D eigenvalue weighted by Gasteiger charge is -2.31. The summed E-state index contributed by atoms with van der Waals surface area (Å²) in [6.45, 7) is 6.39. The molecule has 3 N–H and O–H groups in total. The number of nitrogens with two attached hydrogens (primary N) is 1. The molecule has 1 aliphatic rings. The summed E-state index contributed by atoms with van der Waals surface area (Å²) in [5, 5.41) is 3.61. The molecule has 19 heavy (non-hydrogen) atoms. The molecular formula is C14H24N4O. The topological polar surface area (TPSA) is 63.3 Å². The van der Waals surface area contributed by atoms with E-state index < -0.39 is 0 Å². The number of amides is 1. The number of likely N-dealkylation sites (tertiary alicyclic amines) is 1. The van der Waals surface area contributed by atoms with E-state index in [0.29, 0.717) is 12.6 Å². The van der Waals surface area contributed by atoms with Crippen LogP contribution in [0.1, 0.15) is 25.5 Å². The van der Waals surface area contributed by atoms with E-state index in [1.807, 2.05) is 0 Å². The summed E-state index contributed by atoms with van der Waals surface area (Å²) < 4.78 is 2.26. The molecular weight excluding hydrogens is 240 g/mol. The minimum absolute atomic E-state index is 0.229. The lowest BCUT2D eigenvalue weighted by molar-refractivity contribution is -0.119. The molecule has 1 aromatic heterocycles. The summed E-state index contributed by atoms with van der Waals surface area (Å²) in [5.41, 5.74) is 6.55. The Morgan fingerprint density at radius 2 is 2.21 bits per heavy atom. The van der Waals surface area contributed by atoms with Crippen molar-refractivity contribution in [3.63, 3.8) is 0 Å². The summed E-state index contributed by atoms with van der Waals surface area (Å²) >= 11 is 0.